The lowest BCUT2D eigenvalue weighted by Crippen LogP contribution is -2.40. The summed E-state index contributed by atoms with van der Waals surface area (Å²) in [7, 11) is 0. The standard InChI is InChI=1S/C29H35F2N3O2.C19H23NO2.C15H20F2N2O3.C13H18N2O3.C10H12F2N2O.C8H10N2O.2ClH/c30-28(31)19-36-29-11-10-22-13-16-34(18-26(22)33-29)15-12-20-6-8-21(9-7-20)17-27(35)24-3-1-5-25-23(24)4-2-14-32-25;21-12-10-14-6-8-15(9-7-14)13-19(22)17-3-1-5-18-16(17)4-2-11-20-18;1-15(2,3)22-14(20)19-7-6-10-4-5-13(18-11(10)8-19)21-9-12(16)17;1-13(2,3)18-12(17)15-7-6-9-4-5-11(16)14-10(9)8-15;11-9(12)6-15-10-2-1-7-3-4-13-5-8(7)14-10;11-8-2-1-6-3-4-9-5-7(6)10-8;;/h1-4,10-11,14,20-21,25,28H,5-9,12-13,15-19H2;1-4,11-12,14-15,18H,5-10,13H2;4-5,12H,6-9H2,1-3H3;4-5H,6-8H2,1-3H3,(H,14,16);1-2,9,13H,3-6H2;1-2,9H,3-5H2,(H,10,11);2*1H. The number of aldehydes is 1. The van der Waals surface area contributed by atoms with Crippen LogP contribution in [0.3, 0.4) is 0 Å². The van der Waals surface area contributed by atoms with Crippen molar-refractivity contribution in [1.82, 2.24) is 50.3 Å². The molecule has 5 aromatic rings. The molecule has 11 aliphatic rings. The number of aromatic nitrogens is 5. The van der Waals surface area contributed by atoms with Crippen molar-refractivity contribution >= 4 is 67.3 Å². The number of pyridine rings is 5. The van der Waals surface area contributed by atoms with Gasteiger partial charge in [0.2, 0.25) is 28.8 Å². The number of ether oxygens (including phenoxy) is 5. The van der Waals surface area contributed by atoms with Crippen LogP contribution in [-0.2, 0) is 88.7 Å². The molecule has 12 heterocycles. The van der Waals surface area contributed by atoms with E-state index in [4.69, 9.17) is 23.7 Å². The lowest BCUT2D eigenvalue weighted by molar-refractivity contribution is -0.117. The van der Waals surface area contributed by atoms with Gasteiger partial charge < -0.3 is 58.9 Å². The maximum atomic E-state index is 13.1. The van der Waals surface area contributed by atoms with Crippen LogP contribution in [0.4, 0.5) is 35.9 Å². The summed E-state index contributed by atoms with van der Waals surface area (Å²) in [6, 6.07) is 17.7. The average Bonchev–Trinajstić information content (AvgIpc) is 0.824. The number of dihydropyridines is 2. The Kier molecular flexibility index (Phi) is 38.8. The van der Waals surface area contributed by atoms with Crippen molar-refractivity contribution in [3.05, 3.63) is 209 Å². The number of Topliss-reactive ketones (excluding diaryl/α,β-unsaturated/α-hetero) is 2. The predicted molar refractivity (Wildman–Crippen MR) is 476 cm³/mol. The lowest BCUT2D eigenvalue weighted by Gasteiger charge is -2.32. The molecule has 0 spiro atoms. The van der Waals surface area contributed by atoms with E-state index in [1.54, 1.807) is 60.9 Å². The van der Waals surface area contributed by atoms with Gasteiger partial charge in [-0.3, -0.25) is 34.1 Å². The summed E-state index contributed by atoms with van der Waals surface area (Å²) in [4.78, 5) is 115. The number of hydrogen-bond acceptors (Lipinski definition) is 20. The maximum absolute atomic E-state index is 13.1. The first kappa shape index (κ1) is 99.9. The van der Waals surface area contributed by atoms with Gasteiger partial charge in [-0.15, -0.1) is 24.8 Å². The van der Waals surface area contributed by atoms with E-state index in [9.17, 15) is 59.9 Å². The van der Waals surface area contributed by atoms with Crippen LogP contribution in [-0.4, -0.2) is 184 Å². The zero-order valence-electron chi connectivity index (χ0n) is 72.7. The fraction of sp³-hybridized carbons (Fsp3) is 0.532. The molecule has 2 unspecified atom stereocenters. The number of nitrogens with zero attached hydrogens (tertiary/aromatic N) is 8. The predicted octanol–water partition coefficient (Wildman–Crippen LogP) is 16.0. The molecule has 32 heteroatoms. The number of carbonyl (C=O) groups excluding carboxylic acids is 5. The summed E-state index contributed by atoms with van der Waals surface area (Å²) >= 11 is 0. The zero-order chi connectivity index (χ0) is 88.3. The number of fused-ring (bicyclic) bond motifs is 7. The van der Waals surface area contributed by atoms with Crippen LogP contribution >= 0.6 is 24.8 Å². The van der Waals surface area contributed by atoms with E-state index in [1.807, 2.05) is 87.8 Å². The molecule has 2 saturated carbocycles. The highest BCUT2D eigenvalue weighted by atomic mass is 35.5. The molecule has 684 valence electrons. The number of amides is 2. The normalized spacial score (nSPS) is 20.6. The van der Waals surface area contributed by atoms with E-state index in [0.717, 1.165) is 191 Å². The Labute approximate surface area is 745 Å². The Morgan fingerprint density at radius 2 is 0.897 bits per heavy atom. The molecule has 24 nitrogen and oxygen atoms in total. The van der Waals surface area contributed by atoms with Gasteiger partial charge in [-0.05, 0) is 226 Å². The van der Waals surface area contributed by atoms with Crippen molar-refractivity contribution in [3.8, 4) is 17.6 Å². The topological polar surface area (TPSA) is 294 Å². The molecule has 2 atom stereocenters. The van der Waals surface area contributed by atoms with Gasteiger partial charge in [0.15, 0.2) is 31.4 Å². The monoisotopic (exact) mass is 1790 g/mol. The smallest absolute Gasteiger partial charge is 0.410 e. The van der Waals surface area contributed by atoms with Crippen molar-refractivity contribution in [2.45, 2.75) is 239 Å². The second-order valence-electron chi connectivity index (χ2n) is 34.8. The fourth-order valence-corrected chi connectivity index (χ4v) is 16.7. The van der Waals surface area contributed by atoms with Gasteiger partial charge in [-0.25, -0.2) is 50.9 Å². The molecular formula is C94H120Cl2F6N12O12. The molecule has 0 aromatic carbocycles. The van der Waals surface area contributed by atoms with E-state index < -0.39 is 56.4 Å². The van der Waals surface area contributed by atoms with Crippen LogP contribution in [0, 0.1) is 23.7 Å². The van der Waals surface area contributed by atoms with Crippen molar-refractivity contribution in [2.24, 2.45) is 33.7 Å². The Morgan fingerprint density at radius 1 is 0.484 bits per heavy atom. The van der Waals surface area contributed by atoms with Crippen LogP contribution in [0.2, 0.25) is 0 Å². The van der Waals surface area contributed by atoms with Crippen LogP contribution in [0.1, 0.15) is 188 Å². The summed E-state index contributed by atoms with van der Waals surface area (Å²) in [5.41, 5.74) is 12.7. The highest BCUT2D eigenvalue weighted by Crippen LogP contribution is 2.38. The van der Waals surface area contributed by atoms with Crippen LogP contribution in [0.25, 0.3) is 0 Å². The number of allylic oxidation sites excluding steroid dienone is 6. The van der Waals surface area contributed by atoms with E-state index in [1.165, 1.54) is 30.0 Å². The zero-order valence-corrected chi connectivity index (χ0v) is 74.3. The van der Waals surface area contributed by atoms with E-state index in [-0.39, 0.29) is 89.9 Å². The van der Waals surface area contributed by atoms with Crippen molar-refractivity contribution < 1.29 is 74.0 Å². The largest absolute Gasteiger partial charge is 0.472 e. The second-order valence-corrected chi connectivity index (χ2v) is 34.8. The highest BCUT2D eigenvalue weighted by Gasteiger charge is 2.33. The minimum atomic E-state index is -2.55. The second kappa shape index (κ2) is 48.9. The number of hydrogen-bond donors (Lipinski definition) is 4. The van der Waals surface area contributed by atoms with Crippen molar-refractivity contribution in [1.29, 1.82) is 0 Å². The Bertz CT molecular complexity index is 4870. The number of ketones is 2. The van der Waals surface area contributed by atoms with Crippen molar-refractivity contribution in [3.63, 3.8) is 0 Å². The van der Waals surface area contributed by atoms with Crippen LogP contribution < -0.4 is 36.0 Å². The average molecular weight is 1790 g/mol. The third-order valence-electron chi connectivity index (χ3n) is 23.1. The minimum Gasteiger partial charge on any atom is -0.472 e. The van der Waals surface area contributed by atoms with Crippen LogP contribution in [0.5, 0.6) is 17.6 Å². The fourth-order valence-electron chi connectivity index (χ4n) is 16.7. The molecule has 7 aliphatic heterocycles. The third-order valence-corrected chi connectivity index (χ3v) is 23.1. The number of aliphatic imine (C=N–C) groups is 2. The van der Waals surface area contributed by atoms with Crippen molar-refractivity contribution in [2.75, 3.05) is 59.1 Å². The summed E-state index contributed by atoms with van der Waals surface area (Å²) < 4.78 is 98.5. The number of carbonyl (C=O) groups is 5. The first-order valence-corrected chi connectivity index (χ1v) is 43.5. The first-order valence-electron chi connectivity index (χ1n) is 43.5. The number of alkyl halides is 6. The highest BCUT2D eigenvalue weighted by molar-refractivity contribution is 6.01. The van der Waals surface area contributed by atoms with Gasteiger partial charge in [-0.1, -0.05) is 79.6 Å². The molecule has 5 aromatic heterocycles. The Balaban J connectivity index is 0.000000177. The SMILES string of the molecule is CC(C)(C)OC(=O)N1CCc2ccc(=O)[nH]c2C1.CC(C)(C)OC(=O)N1CCc2ccc(OCC(F)F)nc2C1.Cl.Cl.FC(F)COc1ccc2c(n1)CNCC2.O=C(CC1CCC(CCN2CCc3ccc(OCC(F)F)nc3C2)CC1)C1=C2C=CC=NC2CC=C1.O=CCC1CCC(CC(=O)C2=C3C=CC=NC3CC=C2)CC1.O=c1ccc2c([nH]1)CNCC2. The van der Waals surface area contributed by atoms with Gasteiger partial charge in [-0.2, -0.15) is 0 Å². The molecule has 4 aliphatic carbocycles. The minimum absolute atomic E-state index is 0. The number of H-pyrrole nitrogens is 2. The molecule has 0 bridgehead atoms. The molecule has 16 rings (SSSR count). The molecular weight excluding hydrogens is 1670 g/mol. The first-order chi connectivity index (χ1) is 59.5. The quantitative estimate of drug-likeness (QED) is 0.0416. The lowest BCUT2D eigenvalue weighted by atomic mass is 9.77. The van der Waals surface area contributed by atoms with Gasteiger partial charge >= 0.3 is 12.2 Å². The number of nitrogens with one attached hydrogen (secondary N) is 4. The van der Waals surface area contributed by atoms with Gasteiger partial charge in [0.05, 0.1) is 42.3 Å². The number of halogens is 8. The molecule has 2 fully saturated rings. The number of aromatic amines is 2. The van der Waals surface area contributed by atoms with E-state index in [2.05, 4.69) is 68.7 Å². The molecule has 0 radical (unpaired) electrons. The summed E-state index contributed by atoms with van der Waals surface area (Å²) in [5.74, 6) is 3.43. The summed E-state index contributed by atoms with van der Waals surface area (Å²) in [5, 5.41) is 6.36. The third kappa shape index (κ3) is 31.6. The maximum Gasteiger partial charge on any atom is 0.410 e. The van der Waals surface area contributed by atoms with E-state index >= 15 is 0 Å². The molecule has 2 amide bonds. The molecule has 0 saturated heterocycles. The van der Waals surface area contributed by atoms with Gasteiger partial charge in [0.25, 0.3) is 19.3 Å². The van der Waals surface area contributed by atoms with Crippen LogP contribution in [0.15, 0.2) is 151 Å². The summed E-state index contributed by atoms with van der Waals surface area (Å²) in [6.45, 7) is 17.1. The summed E-state index contributed by atoms with van der Waals surface area (Å²) in [6.07, 6.45) is 30.6. The van der Waals surface area contributed by atoms with Gasteiger partial charge in [0, 0.05) is 124 Å². The molecule has 4 N–H and O–H groups in total. The Morgan fingerprint density at radius 3 is 1.39 bits per heavy atom. The van der Waals surface area contributed by atoms with E-state index in [0.29, 0.717) is 81.2 Å². The number of rotatable bonds is 20. The molecule has 126 heavy (non-hydrogen) atoms. The van der Waals surface area contributed by atoms with Gasteiger partial charge in [0.1, 0.15) is 17.5 Å². The Hall–Kier alpha value is -9.88.